The minimum Gasteiger partial charge on any atom is -0.237 e. The molecule has 0 radical (unpaired) electrons. The first-order valence-corrected chi connectivity index (χ1v) is 3.64. The van der Waals surface area contributed by atoms with E-state index >= 15 is 0 Å². The summed E-state index contributed by atoms with van der Waals surface area (Å²) in [4.78, 5) is 0. The van der Waals surface area contributed by atoms with E-state index in [0.29, 0.717) is 0 Å². The van der Waals surface area contributed by atoms with Crippen LogP contribution in [0.5, 0.6) is 0 Å². The molecular formula is C3F7O2P. The third-order valence-corrected chi connectivity index (χ3v) is 1.85. The predicted octanol–water partition coefficient (Wildman–Crippen LogP) is 3.05. The maximum absolute atomic E-state index is 12.0. The van der Waals surface area contributed by atoms with Crippen LogP contribution in [0, 0.1) is 0 Å². The molecule has 0 aliphatic carbocycles. The van der Waals surface area contributed by atoms with Crippen molar-refractivity contribution in [3.8, 4) is 0 Å². The Morgan fingerprint density at radius 3 is 1.38 bits per heavy atom. The quantitative estimate of drug-likeness (QED) is 0.472. The van der Waals surface area contributed by atoms with Gasteiger partial charge in [-0.25, -0.2) is 9.05 Å². The fraction of sp³-hybridized carbons (Fsp3) is 1.00. The first-order chi connectivity index (χ1) is 5.60. The average molecular weight is 232 g/mol. The topological polar surface area (TPSA) is 18.5 Å². The van der Waals surface area contributed by atoms with Crippen LogP contribution in [0.3, 0.4) is 0 Å². The van der Waals surface area contributed by atoms with Gasteiger partial charge >= 0.3 is 26.8 Å². The first kappa shape index (κ1) is 10.9. The van der Waals surface area contributed by atoms with Crippen molar-refractivity contribution in [1.29, 1.82) is 0 Å². The summed E-state index contributed by atoms with van der Waals surface area (Å²) in [5.41, 5.74) is 0. The van der Waals surface area contributed by atoms with Crippen molar-refractivity contribution in [2.24, 2.45) is 0 Å². The number of halogens is 7. The van der Waals surface area contributed by atoms with Gasteiger partial charge in [-0.15, -0.1) is 0 Å². The lowest BCUT2D eigenvalue weighted by Gasteiger charge is -2.36. The zero-order valence-corrected chi connectivity index (χ0v) is 6.30. The van der Waals surface area contributed by atoms with Crippen LogP contribution >= 0.6 is 8.69 Å². The maximum atomic E-state index is 12.0. The number of hydrogen-bond donors (Lipinski definition) is 0. The molecule has 0 unspecified atom stereocenters. The Morgan fingerprint density at radius 1 is 0.769 bits per heavy atom. The molecule has 0 aromatic carbocycles. The summed E-state index contributed by atoms with van der Waals surface area (Å²) < 4.78 is 89.1. The highest BCUT2D eigenvalue weighted by molar-refractivity contribution is 7.41. The second-order valence-corrected chi connectivity index (χ2v) is 2.79. The SMILES string of the molecule is FP1OC(F)(F)C(F)(F)C(F)(F)O1. The molecule has 78 valence electrons. The summed E-state index contributed by atoms with van der Waals surface area (Å²) in [5, 5.41) is 0. The summed E-state index contributed by atoms with van der Waals surface area (Å²) in [6, 6.07) is 0. The Bertz CT molecular complexity index is 198. The van der Waals surface area contributed by atoms with Crippen LogP contribution in [0.1, 0.15) is 0 Å². The molecule has 1 rings (SSSR count). The standard InChI is InChI=1S/C3F7O2P/c4-1(5)2(6,7)11-13(10)12-3(1,8)9. The molecule has 0 N–H and O–H groups in total. The van der Waals surface area contributed by atoms with E-state index in [1.165, 1.54) is 0 Å². The highest BCUT2D eigenvalue weighted by Gasteiger charge is 2.79. The van der Waals surface area contributed by atoms with E-state index < -0.39 is 26.8 Å². The molecule has 13 heavy (non-hydrogen) atoms. The molecule has 0 spiro atoms. The third kappa shape index (κ3) is 1.49. The van der Waals surface area contributed by atoms with Crippen LogP contribution in [-0.2, 0) is 9.05 Å². The van der Waals surface area contributed by atoms with Gasteiger partial charge in [-0.3, -0.25) is 0 Å². The van der Waals surface area contributed by atoms with Crippen molar-refractivity contribution >= 4 is 8.69 Å². The predicted molar refractivity (Wildman–Crippen MR) is 25.0 cm³/mol. The molecule has 1 saturated heterocycles. The van der Waals surface area contributed by atoms with Gasteiger partial charge in [-0.1, -0.05) is 0 Å². The smallest absolute Gasteiger partial charge is 0.237 e. The molecule has 0 aromatic heterocycles. The monoisotopic (exact) mass is 232 g/mol. The van der Waals surface area contributed by atoms with Gasteiger partial charge in [0.1, 0.15) is 0 Å². The minimum atomic E-state index is -5.88. The molecule has 1 aliphatic heterocycles. The summed E-state index contributed by atoms with van der Waals surface area (Å²) in [7, 11) is -4.21. The van der Waals surface area contributed by atoms with Crippen LogP contribution in [0.25, 0.3) is 0 Å². The van der Waals surface area contributed by atoms with Gasteiger partial charge in [0.15, 0.2) is 0 Å². The van der Waals surface area contributed by atoms with E-state index in [-0.39, 0.29) is 0 Å². The second kappa shape index (κ2) is 2.68. The molecule has 10 heteroatoms. The molecule has 0 bridgehead atoms. The molecule has 1 aliphatic rings. The van der Waals surface area contributed by atoms with E-state index in [2.05, 4.69) is 9.05 Å². The van der Waals surface area contributed by atoms with Gasteiger partial charge in [0, 0.05) is 0 Å². The highest BCUT2D eigenvalue weighted by atomic mass is 31.2. The second-order valence-electron chi connectivity index (χ2n) is 2.00. The van der Waals surface area contributed by atoms with Gasteiger partial charge in [0.25, 0.3) is 0 Å². The zero-order chi connectivity index (χ0) is 10.5. The molecule has 0 amide bonds. The lowest BCUT2D eigenvalue weighted by Crippen LogP contribution is -2.58. The van der Waals surface area contributed by atoms with Crippen LogP contribution in [0.15, 0.2) is 0 Å². The Labute approximate surface area is 67.6 Å². The van der Waals surface area contributed by atoms with E-state index in [4.69, 9.17) is 0 Å². The van der Waals surface area contributed by atoms with Crippen molar-refractivity contribution in [3.63, 3.8) is 0 Å². The van der Waals surface area contributed by atoms with E-state index in [1.54, 1.807) is 0 Å². The van der Waals surface area contributed by atoms with E-state index in [0.717, 1.165) is 0 Å². The van der Waals surface area contributed by atoms with Crippen molar-refractivity contribution in [1.82, 2.24) is 0 Å². The molecule has 0 aromatic rings. The lowest BCUT2D eigenvalue weighted by atomic mass is 10.3. The van der Waals surface area contributed by atoms with Crippen LogP contribution in [0.4, 0.5) is 30.5 Å². The number of rotatable bonds is 0. The minimum absolute atomic E-state index is 2.64. The van der Waals surface area contributed by atoms with Crippen LogP contribution < -0.4 is 0 Å². The van der Waals surface area contributed by atoms with E-state index in [1.807, 2.05) is 0 Å². The van der Waals surface area contributed by atoms with Crippen molar-refractivity contribution < 1.29 is 39.6 Å². The Morgan fingerprint density at radius 2 is 1.08 bits per heavy atom. The van der Waals surface area contributed by atoms with Crippen LogP contribution in [-0.4, -0.2) is 18.1 Å². The summed E-state index contributed by atoms with van der Waals surface area (Å²) in [6.07, 6.45) is -11.1. The van der Waals surface area contributed by atoms with Crippen molar-refractivity contribution in [2.45, 2.75) is 18.1 Å². The van der Waals surface area contributed by atoms with Crippen molar-refractivity contribution in [3.05, 3.63) is 0 Å². The normalized spacial score (nSPS) is 31.6. The van der Waals surface area contributed by atoms with Gasteiger partial charge in [-0.05, 0) is 0 Å². The molecule has 0 atom stereocenters. The zero-order valence-electron chi connectivity index (χ0n) is 5.41. The molecule has 2 nitrogen and oxygen atoms in total. The van der Waals surface area contributed by atoms with Gasteiger partial charge < -0.3 is 0 Å². The van der Waals surface area contributed by atoms with Crippen LogP contribution in [0.2, 0.25) is 0 Å². The van der Waals surface area contributed by atoms with Gasteiger partial charge in [0.05, 0.1) is 0 Å². The Kier molecular flexibility index (Phi) is 2.25. The average Bonchev–Trinajstić information content (AvgIpc) is 1.80. The fourth-order valence-electron chi connectivity index (χ4n) is 0.483. The highest BCUT2D eigenvalue weighted by Crippen LogP contribution is 2.63. The molecule has 0 saturated carbocycles. The van der Waals surface area contributed by atoms with Gasteiger partial charge in [-0.2, -0.15) is 30.5 Å². The summed E-state index contributed by atoms with van der Waals surface area (Å²) in [5.74, 6) is -5.88. The molecule has 1 fully saturated rings. The number of hydrogen-bond acceptors (Lipinski definition) is 2. The fourth-order valence-corrected chi connectivity index (χ4v) is 1.11. The summed E-state index contributed by atoms with van der Waals surface area (Å²) in [6.45, 7) is 0. The third-order valence-electron chi connectivity index (χ3n) is 1.10. The Balaban J connectivity index is 3.03. The molecule has 1 heterocycles. The number of alkyl halides is 6. The molecular weight excluding hydrogens is 232 g/mol. The maximum Gasteiger partial charge on any atom is 0.435 e. The summed E-state index contributed by atoms with van der Waals surface area (Å²) >= 11 is 0. The largest absolute Gasteiger partial charge is 0.435 e. The van der Waals surface area contributed by atoms with Gasteiger partial charge in [0.2, 0.25) is 0 Å². The lowest BCUT2D eigenvalue weighted by molar-refractivity contribution is -0.438. The first-order valence-electron chi connectivity index (χ1n) is 2.58. The van der Waals surface area contributed by atoms with Crippen molar-refractivity contribution in [2.75, 3.05) is 0 Å². The van der Waals surface area contributed by atoms with E-state index in [9.17, 15) is 30.5 Å². The Hall–Kier alpha value is -0.140.